The summed E-state index contributed by atoms with van der Waals surface area (Å²) in [7, 11) is 3.08. The maximum absolute atomic E-state index is 12.2. The molecule has 2 N–H and O–H groups in total. The van der Waals surface area contributed by atoms with Crippen LogP contribution >= 0.6 is 0 Å². The van der Waals surface area contributed by atoms with E-state index in [1.165, 1.54) is 7.11 Å². The van der Waals surface area contributed by atoms with Gasteiger partial charge < -0.3 is 24.4 Å². The van der Waals surface area contributed by atoms with Gasteiger partial charge in [0.25, 0.3) is 0 Å². The van der Waals surface area contributed by atoms with Crippen LogP contribution in [-0.2, 0) is 16.1 Å². The van der Waals surface area contributed by atoms with Crippen molar-refractivity contribution in [1.29, 1.82) is 0 Å². The molecule has 6 heteroatoms. The van der Waals surface area contributed by atoms with Crippen molar-refractivity contribution in [2.75, 3.05) is 20.8 Å². The van der Waals surface area contributed by atoms with E-state index in [1.807, 2.05) is 6.92 Å². The van der Waals surface area contributed by atoms with E-state index < -0.39 is 11.7 Å². The topological polar surface area (TPSA) is 85.2 Å². The van der Waals surface area contributed by atoms with E-state index >= 15 is 0 Å². The number of aliphatic hydroxyl groups is 2. The van der Waals surface area contributed by atoms with Crippen molar-refractivity contribution in [3.8, 4) is 11.5 Å². The zero-order chi connectivity index (χ0) is 17.5. The molecule has 0 aromatic heterocycles. The molecule has 3 rings (SSSR count). The summed E-state index contributed by atoms with van der Waals surface area (Å²) in [4.78, 5) is 12.2. The largest absolute Gasteiger partial charge is 0.496 e. The number of ether oxygens (including phenoxy) is 3. The summed E-state index contributed by atoms with van der Waals surface area (Å²) >= 11 is 0. The highest BCUT2D eigenvalue weighted by Gasteiger charge is 2.56. The van der Waals surface area contributed by atoms with Crippen LogP contribution < -0.4 is 9.47 Å². The molecule has 0 bridgehead atoms. The van der Waals surface area contributed by atoms with Gasteiger partial charge >= 0.3 is 0 Å². The molecule has 1 heterocycles. The molecular weight excluding hydrogens is 312 g/mol. The van der Waals surface area contributed by atoms with Crippen LogP contribution in [0.3, 0.4) is 0 Å². The zero-order valence-corrected chi connectivity index (χ0v) is 14.2. The Hall–Kier alpha value is -1.63. The van der Waals surface area contributed by atoms with Gasteiger partial charge in [0.2, 0.25) is 0 Å². The van der Waals surface area contributed by atoms with Crippen LogP contribution in [0.5, 0.6) is 11.5 Å². The van der Waals surface area contributed by atoms with E-state index in [9.17, 15) is 15.0 Å². The third kappa shape index (κ3) is 2.49. The third-order valence-electron chi connectivity index (χ3n) is 5.47. The van der Waals surface area contributed by atoms with Crippen molar-refractivity contribution in [1.82, 2.24) is 0 Å². The van der Waals surface area contributed by atoms with Crippen molar-refractivity contribution in [2.24, 2.45) is 11.8 Å². The van der Waals surface area contributed by atoms with Gasteiger partial charge in [-0.2, -0.15) is 0 Å². The predicted molar refractivity (Wildman–Crippen MR) is 86.0 cm³/mol. The monoisotopic (exact) mass is 336 g/mol. The standard InChI is InChI=1S/C18H24O6/c1-10-12(20)6-7-18(21)9-24-17(16(10)18)15-11(8-19)13(22-2)4-5-14(15)23-3/h4-5,10,16-17,19,21H,6-9H2,1-3H3/t10-,16-,17+,18-/m0/s1. The number of hydrogen-bond donors (Lipinski definition) is 2. The van der Waals surface area contributed by atoms with Crippen LogP contribution in [0.4, 0.5) is 0 Å². The molecule has 6 nitrogen and oxygen atoms in total. The Kier molecular flexibility index (Phi) is 4.55. The molecule has 0 radical (unpaired) electrons. The molecule has 1 aliphatic carbocycles. The average molecular weight is 336 g/mol. The molecule has 1 saturated heterocycles. The van der Waals surface area contributed by atoms with Crippen molar-refractivity contribution in [3.63, 3.8) is 0 Å². The van der Waals surface area contributed by atoms with Crippen LogP contribution in [0.1, 0.15) is 37.0 Å². The highest BCUT2D eigenvalue weighted by atomic mass is 16.5. The molecule has 1 saturated carbocycles. The van der Waals surface area contributed by atoms with Crippen molar-refractivity contribution < 1.29 is 29.2 Å². The molecule has 1 aliphatic heterocycles. The highest BCUT2D eigenvalue weighted by Crippen LogP contribution is 2.53. The summed E-state index contributed by atoms with van der Waals surface area (Å²) in [5.41, 5.74) is 0.192. The van der Waals surface area contributed by atoms with E-state index in [1.54, 1.807) is 19.2 Å². The molecule has 1 aromatic rings. The minimum Gasteiger partial charge on any atom is -0.496 e. The van der Waals surface area contributed by atoms with Crippen LogP contribution in [0.25, 0.3) is 0 Å². The third-order valence-corrected chi connectivity index (χ3v) is 5.47. The normalized spacial score (nSPS) is 32.5. The minimum atomic E-state index is -1.03. The number of aliphatic hydroxyl groups excluding tert-OH is 1. The fourth-order valence-corrected chi connectivity index (χ4v) is 4.18. The minimum absolute atomic E-state index is 0.132. The van der Waals surface area contributed by atoms with Crippen LogP contribution in [-0.4, -0.2) is 42.4 Å². The number of fused-ring (bicyclic) bond motifs is 1. The fourth-order valence-electron chi connectivity index (χ4n) is 4.18. The Bertz CT molecular complexity index is 643. The lowest BCUT2D eigenvalue weighted by molar-refractivity contribution is -0.135. The van der Waals surface area contributed by atoms with Crippen LogP contribution in [0, 0.1) is 11.8 Å². The van der Waals surface area contributed by atoms with Crippen molar-refractivity contribution >= 4 is 5.78 Å². The number of hydrogen-bond acceptors (Lipinski definition) is 6. The summed E-state index contributed by atoms with van der Waals surface area (Å²) in [5.74, 6) is 0.526. The van der Waals surface area contributed by atoms with Gasteiger partial charge in [0, 0.05) is 29.4 Å². The second-order valence-electron chi connectivity index (χ2n) is 6.64. The Balaban J connectivity index is 2.13. The summed E-state index contributed by atoms with van der Waals surface area (Å²) in [6, 6.07) is 3.48. The number of carbonyl (C=O) groups excluding carboxylic acids is 1. The van der Waals surface area contributed by atoms with Gasteiger partial charge in [-0.3, -0.25) is 4.79 Å². The number of methoxy groups -OCH3 is 2. The van der Waals surface area contributed by atoms with Gasteiger partial charge in [-0.1, -0.05) is 6.92 Å². The van der Waals surface area contributed by atoms with Crippen molar-refractivity contribution in [3.05, 3.63) is 23.3 Å². The first-order chi connectivity index (χ1) is 11.5. The SMILES string of the molecule is COc1ccc(OC)c([C@H]2OC[C@@]3(O)CCC(=O)[C@H](C)[C@@H]23)c1CO. The molecule has 0 unspecified atom stereocenters. The summed E-state index contributed by atoms with van der Waals surface area (Å²) in [6.45, 7) is 1.76. The fraction of sp³-hybridized carbons (Fsp3) is 0.611. The van der Waals surface area contributed by atoms with E-state index in [0.29, 0.717) is 35.5 Å². The first-order valence-electron chi connectivity index (χ1n) is 8.18. The first-order valence-corrected chi connectivity index (χ1v) is 8.18. The Morgan fingerprint density at radius 1 is 1.29 bits per heavy atom. The van der Waals surface area contributed by atoms with E-state index in [-0.39, 0.29) is 30.8 Å². The van der Waals surface area contributed by atoms with Crippen LogP contribution in [0.2, 0.25) is 0 Å². The number of benzene rings is 1. The quantitative estimate of drug-likeness (QED) is 0.869. The first kappa shape index (κ1) is 17.2. The van der Waals surface area contributed by atoms with Gasteiger partial charge in [-0.15, -0.1) is 0 Å². The van der Waals surface area contributed by atoms with E-state index in [4.69, 9.17) is 14.2 Å². The number of Topliss-reactive ketones (excluding diaryl/α,β-unsaturated/α-hetero) is 1. The van der Waals surface area contributed by atoms with Crippen molar-refractivity contribution in [2.45, 2.75) is 38.1 Å². The maximum Gasteiger partial charge on any atom is 0.136 e. The second kappa shape index (κ2) is 6.35. The molecule has 1 aromatic carbocycles. The maximum atomic E-state index is 12.2. The summed E-state index contributed by atoms with van der Waals surface area (Å²) < 4.78 is 16.7. The van der Waals surface area contributed by atoms with E-state index in [2.05, 4.69) is 0 Å². The lowest BCUT2D eigenvalue weighted by Gasteiger charge is -2.39. The van der Waals surface area contributed by atoms with Crippen LogP contribution in [0.15, 0.2) is 12.1 Å². The molecule has 0 spiro atoms. The average Bonchev–Trinajstić information content (AvgIpc) is 2.95. The van der Waals surface area contributed by atoms with Gasteiger partial charge in [-0.25, -0.2) is 0 Å². The molecule has 2 fully saturated rings. The van der Waals surface area contributed by atoms with Gasteiger partial charge in [0.15, 0.2) is 0 Å². The Morgan fingerprint density at radius 3 is 2.58 bits per heavy atom. The Morgan fingerprint density at radius 2 is 1.96 bits per heavy atom. The Labute approximate surface area is 141 Å². The van der Waals surface area contributed by atoms with E-state index in [0.717, 1.165) is 0 Å². The second-order valence-corrected chi connectivity index (χ2v) is 6.64. The van der Waals surface area contributed by atoms with Gasteiger partial charge in [0.1, 0.15) is 17.3 Å². The smallest absolute Gasteiger partial charge is 0.136 e. The molecule has 4 atom stereocenters. The number of ketones is 1. The number of rotatable bonds is 4. The predicted octanol–water partition coefficient (Wildman–Crippen LogP) is 1.61. The zero-order valence-electron chi connectivity index (χ0n) is 14.2. The molecule has 0 amide bonds. The lowest BCUT2D eigenvalue weighted by Crippen LogP contribution is -2.47. The summed E-state index contributed by atoms with van der Waals surface area (Å²) in [6.07, 6.45) is 0.242. The molecular formula is C18H24O6. The number of carbonyl (C=O) groups is 1. The molecule has 24 heavy (non-hydrogen) atoms. The molecule has 132 valence electrons. The molecule has 2 aliphatic rings. The highest BCUT2D eigenvalue weighted by molar-refractivity contribution is 5.82. The lowest BCUT2D eigenvalue weighted by atomic mass is 9.67. The van der Waals surface area contributed by atoms with Gasteiger partial charge in [0.05, 0.1) is 39.1 Å². The summed E-state index contributed by atoms with van der Waals surface area (Å²) in [5, 5.41) is 20.8. The van der Waals surface area contributed by atoms with Gasteiger partial charge in [-0.05, 0) is 18.6 Å².